The highest BCUT2D eigenvalue weighted by Crippen LogP contribution is 2.23. The second kappa shape index (κ2) is 9.74. The van der Waals surface area contributed by atoms with Gasteiger partial charge in [0.1, 0.15) is 12.4 Å². The Hall–Kier alpha value is -2.64. The number of halogens is 1. The lowest BCUT2D eigenvalue weighted by molar-refractivity contribution is -0.384. The Kier molecular flexibility index (Phi) is 7.37. The van der Waals surface area contributed by atoms with E-state index in [4.69, 9.17) is 16.3 Å². The number of hydrogen-bond donors (Lipinski definition) is 1. The quantitative estimate of drug-likeness (QED) is 0.412. The zero-order valence-electron chi connectivity index (χ0n) is 14.4. The van der Waals surface area contributed by atoms with E-state index in [1.807, 2.05) is 30.3 Å². The second-order valence-electron chi connectivity index (χ2n) is 5.72. The van der Waals surface area contributed by atoms with Crippen molar-refractivity contribution in [2.75, 3.05) is 26.7 Å². The van der Waals surface area contributed by atoms with E-state index < -0.39 is 4.92 Å². The number of para-hydroxylation sites is 1. The van der Waals surface area contributed by atoms with Gasteiger partial charge < -0.3 is 10.1 Å². The summed E-state index contributed by atoms with van der Waals surface area (Å²) in [5.41, 5.74) is 0.573. The predicted octanol–water partition coefficient (Wildman–Crippen LogP) is 2.88. The molecule has 0 aliphatic heterocycles. The van der Waals surface area contributed by atoms with Gasteiger partial charge in [0.2, 0.25) is 5.91 Å². The van der Waals surface area contributed by atoms with Crippen LogP contribution in [0, 0.1) is 10.1 Å². The second-order valence-corrected chi connectivity index (χ2v) is 6.12. The van der Waals surface area contributed by atoms with Crippen molar-refractivity contribution < 1.29 is 14.5 Å². The molecule has 8 heteroatoms. The minimum atomic E-state index is -0.473. The molecular weight excluding hydrogens is 358 g/mol. The zero-order valence-corrected chi connectivity index (χ0v) is 15.1. The Balaban J connectivity index is 1.75. The summed E-state index contributed by atoms with van der Waals surface area (Å²) in [5, 5.41) is 14.0. The number of hydrogen-bond acceptors (Lipinski definition) is 5. The van der Waals surface area contributed by atoms with Crippen molar-refractivity contribution in [3.8, 4) is 5.75 Å². The molecule has 0 bridgehead atoms. The molecule has 2 aromatic carbocycles. The normalized spacial score (nSPS) is 10.6. The molecule has 2 rings (SSSR count). The SMILES string of the molecule is CN(CC(=O)NCCOc1ccccc1)Cc1cc([N+](=O)[O-])ccc1Cl. The third-order valence-electron chi connectivity index (χ3n) is 3.53. The number of nitro groups is 1. The third kappa shape index (κ3) is 6.34. The topological polar surface area (TPSA) is 84.7 Å². The van der Waals surface area contributed by atoms with Crippen LogP contribution in [0.15, 0.2) is 48.5 Å². The maximum absolute atomic E-state index is 12.0. The Morgan fingerprint density at radius 2 is 2.00 bits per heavy atom. The number of rotatable bonds is 9. The maximum atomic E-state index is 12.0. The highest BCUT2D eigenvalue weighted by Gasteiger charge is 2.13. The first kappa shape index (κ1) is 19.7. The van der Waals surface area contributed by atoms with E-state index in [-0.39, 0.29) is 18.1 Å². The van der Waals surface area contributed by atoms with Gasteiger partial charge in [0.05, 0.1) is 18.0 Å². The van der Waals surface area contributed by atoms with E-state index in [2.05, 4.69) is 5.32 Å². The van der Waals surface area contributed by atoms with Gasteiger partial charge in [-0.15, -0.1) is 0 Å². The summed E-state index contributed by atoms with van der Waals surface area (Å²) in [5.74, 6) is 0.588. The van der Waals surface area contributed by atoms with Crippen LogP contribution in [0.1, 0.15) is 5.56 Å². The molecule has 0 unspecified atom stereocenters. The van der Waals surface area contributed by atoms with Crippen LogP contribution < -0.4 is 10.1 Å². The molecule has 0 atom stereocenters. The van der Waals surface area contributed by atoms with Gasteiger partial charge >= 0.3 is 0 Å². The molecule has 2 aromatic rings. The molecule has 0 aliphatic carbocycles. The number of nitrogens with one attached hydrogen (secondary N) is 1. The first-order valence-electron chi connectivity index (χ1n) is 8.01. The Bertz CT molecular complexity index is 755. The fraction of sp³-hybridized carbons (Fsp3) is 0.278. The number of carbonyl (C=O) groups is 1. The summed E-state index contributed by atoms with van der Waals surface area (Å²) in [6.45, 7) is 1.23. The average molecular weight is 378 g/mol. The molecular formula is C18H20ClN3O4. The Morgan fingerprint density at radius 3 is 2.69 bits per heavy atom. The number of ether oxygens (including phenoxy) is 1. The fourth-order valence-corrected chi connectivity index (χ4v) is 2.50. The lowest BCUT2D eigenvalue weighted by Gasteiger charge is -2.17. The molecule has 1 amide bonds. The van der Waals surface area contributed by atoms with Crippen LogP contribution in [0.2, 0.25) is 5.02 Å². The predicted molar refractivity (Wildman–Crippen MR) is 99.4 cm³/mol. The van der Waals surface area contributed by atoms with Crippen LogP contribution >= 0.6 is 11.6 Å². The smallest absolute Gasteiger partial charge is 0.269 e. The van der Waals surface area contributed by atoms with Gasteiger partial charge in [-0.2, -0.15) is 0 Å². The van der Waals surface area contributed by atoms with E-state index in [1.165, 1.54) is 18.2 Å². The highest BCUT2D eigenvalue weighted by atomic mass is 35.5. The summed E-state index contributed by atoms with van der Waals surface area (Å²) in [6.07, 6.45) is 0. The van der Waals surface area contributed by atoms with Gasteiger partial charge in [-0.25, -0.2) is 0 Å². The van der Waals surface area contributed by atoms with E-state index in [1.54, 1.807) is 11.9 Å². The van der Waals surface area contributed by atoms with Crippen LogP contribution in [-0.4, -0.2) is 42.5 Å². The molecule has 0 aliphatic rings. The minimum Gasteiger partial charge on any atom is -0.492 e. The number of carbonyl (C=O) groups excluding carboxylic acids is 1. The summed E-state index contributed by atoms with van der Waals surface area (Å²) in [7, 11) is 1.75. The van der Waals surface area contributed by atoms with Gasteiger partial charge in [0.15, 0.2) is 0 Å². The monoisotopic (exact) mass is 377 g/mol. The number of nitrogens with zero attached hydrogens (tertiary/aromatic N) is 2. The number of benzene rings is 2. The third-order valence-corrected chi connectivity index (χ3v) is 3.90. The zero-order chi connectivity index (χ0) is 18.9. The van der Waals surface area contributed by atoms with Crippen LogP contribution in [0.3, 0.4) is 0 Å². The van der Waals surface area contributed by atoms with Gasteiger partial charge in [-0.05, 0) is 30.8 Å². The van der Waals surface area contributed by atoms with Crippen molar-refractivity contribution in [2.45, 2.75) is 6.54 Å². The van der Waals surface area contributed by atoms with E-state index in [9.17, 15) is 14.9 Å². The lowest BCUT2D eigenvalue weighted by atomic mass is 10.2. The summed E-state index contributed by atoms with van der Waals surface area (Å²) in [6, 6.07) is 13.6. The van der Waals surface area contributed by atoms with Crippen molar-refractivity contribution in [1.29, 1.82) is 0 Å². The van der Waals surface area contributed by atoms with Crippen molar-refractivity contribution in [1.82, 2.24) is 10.2 Å². The number of likely N-dealkylation sites (N-methyl/N-ethyl adjacent to an activating group) is 1. The fourth-order valence-electron chi connectivity index (χ4n) is 2.32. The molecule has 0 heterocycles. The molecule has 0 aromatic heterocycles. The maximum Gasteiger partial charge on any atom is 0.269 e. The summed E-state index contributed by atoms with van der Waals surface area (Å²) in [4.78, 5) is 24.1. The van der Waals surface area contributed by atoms with Crippen molar-refractivity contribution in [3.63, 3.8) is 0 Å². The van der Waals surface area contributed by atoms with Gasteiger partial charge in [0, 0.05) is 23.7 Å². The van der Waals surface area contributed by atoms with Gasteiger partial charge in [-0.3, -0.25) is 19.8 Å². The summed E-state index contributed by atoms with van der Waals surface area (Å²) >= 11 is 6.08. The van der Waals surface area contributed by atoms with E-state index in [0.29, 0.717) is 30.3 Å². The molecule has 0 radical (unpaired) electrons. The van der Waals surface area contributed by atoms with Crippen molar-refractivity contribution in [3.05, 3.63) is 69.2 Å². The molecule has 1 N–H and O–H groups in total. The first-order chi connectivity index (χ1) is 12.5. The van der Waals surface area contributed by atoms with Crippen LogP contribution in [0.25, 0.3) is 0 Å². The van der Waals surface area contributed by atoms with Crippen molar-refractivity contribution >= 4 is 23.2 Å². The van der Waals surface area contributed by atoms with Crippen molar-refractivity contribution in [2.24, 2.45) is 0 Å². The highest BCUT2D eigenvalue weighted by molar-refractivity contribution is 6.31. The Morgan fingerprint density at radius 1 is 1.27 bits per heavy atom. The molecule has 26 heavy (non-hydrogen) atoms. The van der Waals surface area contributed by atoms with Crippen LogP contribution in [0.4, 0.5) is 5.69 Å². The molecule has 0 saturated heterocycles. The molecule has 0 fully saturated rings. The van der Waals surface area contributed by atoms with Crippen LogP contribution in [-0.2, 0) is 11.3 Å². The standard InChI is InChI=1S/C18H20ClN3O4/c1-21(12-14-11-15(22(24)25)7-8-17(14)19)13-18(23)20-9-10-26-16-5-3-2-4-6-16/h2-8,11H,9-10,12-13H2,1H3,(H,20,23). The average Bonchev–Trinajstić information content (AvgIpc) is 2.61. The minimum absolute atomic E-state index is 0.0275. The summed E-state index contributed by atoms with van der Waals surface area (Å²) < 4.78 is 5.50. The Labute approximate surface area is 156 Å². The first-order valence-corrected chi connectivity index (χ1v) is 8.39. The molecule has 0 saturated carbocycles. The van der Waals surface area contributed by atoms with E-state index in [0.717, 1.165) is 5.75 Å². The molecule has 0 spiro atoms. The lowest BCUT2D eigenvalue weighted by Crippen LogP contribution is -2.36. The number of nitro benzene ring substituents is 1. The number of non-ortho nitro benzene ring substituents is 1. The number of amides is 1. The van der Waals surface area contributed by atoms with E-state index >= 15 is 0 Å². The van der Waals surface area contributed by atoms with Crippen LogP contribution in [0.5, 0.6) is 5.75 Å². The molecule has 138 valence electrons. The van der Waals surface area contributed by atoms with Gasteiger partial charge in [-0.1, -0.05) is 29.8 Å². The largest absolute Gasteiger partial charge is 0.492 e. The molecule has 7 nitrogen and oxygen atoms in total. The van der Waals surface area contributed by atoms with Gasteiger partial charge in [0.25, 0.3) is 5.69 Å².